The van der Waals surface area contributed by atoms with Crippen LogP contribution in [0.4, 0.5) is 11.4 Å². The number of nitrogens with one attached hydrogen (secondary N) is 2. The van der Waals surface area contributed by atoms with E-state index in [1.165, 1.54) is 7.11 Å². The van der Waals surface area contributed by atoms with Crippen molar-refractivity contribution in [1.29, 1.82) is 0 Å². The molecule has 0 spiro atoms. The number of thiocarbonyl (C=S) groups is 1. The van der Waals surface area contributed by atoms with Crippen molar-refractivity contribution in [1.82, 2.24) is 14.9 Å². The number of hydrogen-bond donors (Lipinski definition) is 3. The van der Waals surface area contributed by atoms with E-state index >= 15 is 0 Å². The second-order valence-corrected chi connectivity index (χ2v) is 10.5. The van der Waals surface area contributed by atoms with E-state index in [-0.39, 0.29) is 30.3 Å². The van der Waals surface area contributed by atoms with Crippen LogP contribution in [0.2, 0.25) is 5.02 Å². The summed E-state index contributed by atoms with van der Waals surface area (Å²) in [5.74, 6) is 0.314. The highest BCUT2D eigenvalue weighted by molar-refractivity contribution is 7.80. The van der Waals surface area contributed by atoms with Gasteiger partial charge in [0.2, 0.25) is 5.91 Å². The van der Waals surface area contributed by atoms with Gasteiger partial charge in [0.15, 0.2) is 5.11 Å². The molecule has 1 aliphatic rings. The summed E-state index contributed by atoms with van der Waals surface area (Å²) in [7, 11) is 3.01. The summed E-state index contributed by atoms with van der Waals surface area (Å²) in [5.41, 5.74) is 5.44. The summed E-state index contributed by atoms with van der Waals surface area (Å²) in [6.45, 7) is 3.89. The molecule has 0 bridgehead atoms. The maximum Gasteiger partial charge on any atom is 0.250 e. The van der Waals surface area contributed by atoms with Gasteiger partial charge in [-0.2, -0.15) is 0 Å². The highest BCUT2D eigenvalue weighted by Crippen LogP contribution is 2.45. The number of carbonyl (C=O) groups is 1. The lowest BCUT2D eigenvalue weighted by Crippen LogP contribution is -2.29. The third-order valence-corrected chi connectivity index (χ3v) is 7.63. The van der Waals surface area contributed by atoms with E-state index in [1.807, 2.05) is 53.6 Å². The molecule has 0 saturated carbocycles. The van der Waals surface area contributed by atoms with Crippen molar-refractivity contribution in [2.45, 2.75) is 25.9 Å². The monoisotopic (exact) mass is 591 g/mol. The molecule has 9 nitrogen and oxygen atoms in total. The van der Waals surface area contributed by atoms with Crippen molar-refractivity contribution in [2.24, 2.45) is 0 Å². The predicted octanol–water partition coefficient (Wildman–Crippen LogP) is 5.62. The normalized spacial score (nSPS) is 16.5. The number of carbonyl (C=O) groups excluding carboxylic acids is 1. The van der Waals surface area contributed by atoms with E-state index in [1.54, 1.807) is 37.6 Å². The number of anilines is 2. The second-order valence-electron chi connectivity index (χ2n) is 9.66. The number of rotatable bonds is 8. The lowest BCUT2D eigenvalue weighted by molar-refractivity contribution is -0.119. The molecule has 212 valence electrons. The maximum atomic E-state index is 12.4. The van der Waals surface area contributed by atoms with Crippen molar-refractivity contribution in [3.63, 3.8) is 0 Å². The molecule has 2 aromatic carbocycles. The fourth-order valence-electron chi connectivity index (χ4n) is 5.34. The molecule has 0 unspecified atom stereocenters. The minimum Gasteiger partial charge on any atom is -0.506 e. The summed E-state index contributed by atoms with van der Waals surface area (Å²) < 4.78 is 12.5. The minimum absolute atomic E-state index is 0.0935. The molecule has 1 aliphatic heterocycles. The molecule has 4 aromatic rings. The van der Waals surface area contributed by atoms with Gasteiger partial charge in [0.05, 0.1) is 36.3 Å². The van der Waals surface area contributed by atoms with E-state index in [0.717, 1.165) is 28.3 Å². The summed E-state index contributed by atoms with van der Waals surface area (Å²) in [4.78, 5) is 19.0. The van der Waals surface area contributed by atoms with Crippen LogP contribution in [0.5, 0.6) is 11.5 Å². The number of pyridine rings is 1. The third-order valence-electron chi connectivity index (χ3n) is 7.08. The van der Waals surface area contributed by atoms with Gasteiger partial charge in [0, 0.05) is 35.4 Å². The standard InChI is InChI=1S/C30H30ClN5O4S/c1-17-13-21(18(2)35(17)24-14-19(31)8-10-25(24)37)29-28(22-7-5-6-12-32-22)34-30(41)36(29)20-9-11-26(40-4)23(15-20)33-27(38)16-39-3/h5-15,28-29,37H,16H2,1-4H3,(H,33,38)(H,34,41)/t28-,29+/m0/s1. The second kappa shape index (κ2) is 11.8. The van der Waals surface area contributed by atoms with E-state index < -0.39 is 0 Å². The molecule has 3 heterocycles. The first-order chi connectivity index (χ1) is 19.7. The van der Waals surface area contributed by atoms with Crippen LogP contribution >= 0.6 is 23.8 Å². The molecular weight excluding hydrogens is 562 g/mol. The number of aromatic nitrogens is 2. The van der Waals surface area contributed by atoms with Gasteiger partial charge in [-0.05, 0) is 86.2 Å². The number of aryl methyl sites for hydroxylation is 1. The molecule has 41 heavy (non-hydrogen) atoms. The van der Waals surface area contributed by atoms with Gasteiger partial charge < -0.3 is 34.7 Å². The van der Waals surface area contributed by atoms with Gasteiger partial charge in [-0.3, -0.25) is 9.78 Å². The van der Waals surface area contributed by atoms with Gasteiger partial charge in [0.1, 0.15) is 18.1 Å². The Labute approximate surface area is 248 Å². The maximum absolute atomic E-state index is 12.4. The Hall–Kier alpha value is -4.12. The van der Waals surface area contributed by atoms with Crippen molar-refractivity contribution < 1.29 is 19.4 Å². The Bertz CT molecular complexity index is 1610. The van der Waals surface area contributed by atoms with Gasteiger partial charge >= 0.3 is 0 Å². The number of phenols is 1. The zero-order chi connectivity index (χ0) is 29.3. The fourth-order valence-corrected chi connectivity index (χ4v) is 5.86. The number of benzene rings is 2. The van der Waals surface area contributed by atoms with Gasteiger partial charge in [-0.1, -0.05) is 17.7 Å². The van der Waals surface area contributed by atoms with E-state index in [2.05, 4.69) is 21.7 Å². The first-order valence-corrected chi connectivity index (χ1v) is 13.7. The number of nitrogens with zero attached hydrogens (tertiary/aromatic N) is 3. The number of ether oxygens (including phenoxy) is 2. The smallest absolute Gasteiger partial charge is 0.250 e. The molecule has 2 aromatic heterocycles. The molecule has 1 saturated heterocycles. The van der Waals surface area contributed by atoms with Crippen LogP contribution in [0.15, 0.2) is 66.9 Å². The lowest BCUT2D eigenvalue weighted by atomic mass is 9.96. The first kappa shape index (κ1) is 28.4. The Morgan fingerprint density at radius 3 is 2.66 bits per heavy atom. The van der Waals surface area contributed by atoms with Crippen LogP contribution in [0.1, 0.15) is 34.7 Å². The van der Waals surface area contributed by atoms with Crippen molar-refractivity contribution in [3.05, 3.63) is 94.5 Å². The highest BCUT2D eigenvalue weighted by Gasteiger charge is 2.42. The number of amides is 1. The summed E-state index contributed by atoms with van der Waals surface area (Å²) in [6.07, 6.45) is 1.75. The van der Waals surface area contributed by atoms with Crippen LogP contribution in [0.25, 0.3) is 5.69 Å². The first-order valence-electron chi connectivity index (χ1n) is 12.9. The van der Waals surface area contributed by atoms with Gasteiger partial charge in [-0.15, -0.1) is 0 Å². The molecule has 3 N–H and O–H groups in total. The number of methoxy groups -OCH3 is 2. The van der Waals surface area contributed by atoms with E-state index in [0.29, 0.717) is 27.3 Å². The zero-order valence-corrected chi connectivity index (χ0v) is 24.6. The van der Waals surface area contributed by atoms with Crippen LogP contribution in [0, 0.1) is 13.8 Å². The number of phenolic OH excluding ortho intramolecular Hbond substituents is 1. The quantitative estimate of drug-likeness (QED) is 0.227. The van der Waals surface area contributed by atoms with E-state index in [4.69, 9.17) is 33.3 Å². The SMILES string of the molecule is COCC(=O)Nc1cc(N2C(=S)N[C@@H](c3ccccn3)[C@H]2c2cc(C)n(-c3cc(Cl)ccc3O)c2C)ccc1OC. The molecule has 1 fully saturated rings. The Balaban J connectivity index is 1.66. The molecule has 0 aliphatic carbocycles. The largest absolute Gasteiger partial charge is 0.506 e. The Kier molecular flexibility index (Phi) is 8.16. The molecule has 0 radical (unpaired) electrons. The van der Waals surface area contributed by atoms with Crippen LogP contribution < -0.4 is 20.3 Å². The van der Waals surface area contributed by atoms with Crippen LogP contribution in [-0.4, -0.2) is 46.5 Å². The molecule has 2 atom stereocenters. The summed E-state index contributed by atoms with van der Waals surface area (Å²) in [5, 5.41) is 18.1. The average Bonchev–Trinajstić information content (AvgIpc) is 3.45. The predicted molar refractivity (Wildman–Crippen MR) is 163 cm³/mol. The highest BCUT2D eigenvalue weighted by atomic mass is 35.5. The van der Waals surface area contributed by atoms with Crippen LogP contribution in [-0.2, 0) is 9.53 Å². The summed E-state index contributed by atoms with van der Waals surface area (Å²) in [6, 6.07) is 17.7. The Morgan fingerprint density at radius 1 is 1.15 bits per heavy atom. The van der Waals surface area contributed by atoms with Crippen molar-refractivity contribution in [3.8, 4) is 17.2 Å². The van der Waals surface area contributed by atoms with Gasteiger partial charge in [0.25, 0.3) is 0 Å². The van der Waals surface area contributed by atoms with Gasteiger partial charge in [-0.25, -0.2) is 0 Å². The molecule has 1 amide bonds. The van der Waals surface area contributed by atoms with Crippen LogP contribution in [0.3, 0.4) is 0 Å². The third kappa shape index (κ3) is 5.46. The van der Waals surface area contributed by atoms with Crippen molar-refractivity contribution >= 4 is 46.2 Å². The summed E-state index contributed by atoms with van der Waals surface area (Å²) >= 11 is 12.2. The number of hydrogen-bond acceptors (Lipinski definition) is 6. The molecular formula is C30H30ClN5O4S. The minimum atomic E-state index is -0.324. The zero-order valence-electron chi connectivity index (χ0n) is 23.0. The topological polar surface area (TPSA) is 101 Å². The number of aromatic hydroxyl groups is 1. The van der Waals surface area contributed by atoms with Crippen molar-refractivity contribution in [2.75, 3.05) is 31.0 Å². The van der Waals surface area contributed by atoms with E-state index in [9.17, 15) is 9.90 Å². The molecule has 5 rings (SSSR count). The fraction of sp³-hybridized carbons (Fsp3) is 0.233. The number of halogens is 1. The molecule has 11 heteroatoms. The Morgan fingerprint density at radius 2 is 1.95 bits per heavy atom. The average molecular weight is 592 g/mol. The lowest BCUT2D eigenvalue weighted by Gasteiger charge is -2.29.